The molecule has 0 radical (unpaired) electrons. The lowest BCUT2D eigenvalue weighted by Gasteiger charge is -2.35. The number of aromatic nitrogens is 2. The van der Waals surface area contributed by atoms with Crippen LogP contribution in [0.5, 0.6) is 0 Å². The van der Waals surface area contributed by atoms with Crippen LogP contribution in [-0.2, 0) is 29.1 Å². The Morgan fingerprint density at radius 3 is 2.53 bits per heavy atom. The quantitative estimate of drug-likeness (QED) is 0.333. The highest BCUT2D eigenvalue weighted by atomic mass is 35.5. The van der Waals surface area contributed by atoms with Crippen LogP contribution in [0.2, 0.25) is 5.02 Å². The highest BCUT2D eigenvalue weighted by molar-refractivity contribution is 6.30. The van der Waals surface area contributed by atoms with E-state index in [4.69, 9.17) is 16.9 Å². The molecule has 2 saturated heterocycles. The molecule has 0 saturated carbocycles. The third kappa shape index (κ3) is 7.29. The normalized spacial score (nSPS) is 22.0. The Kier molecular flexibility index (Phi) is 10.2. The van der Waals surface area contributed by atoms with Crippen molar-refractivity contribution in [2.75, 3.05) is 19.6 Å². The summed E-state index contributed by atoms with van der Waals surface area (Å²) in [5.41, 5.74) is 3.53. The van der Waals surface area contributed by atoms with E-state index in [0.717, 1.165) is 55.6 Å². The average Bonchev–Trinajstić information content (AvgIpc) is 3.75. The number of amides is 2. The van der Waals surface area contributed by atoms with Crippen molar-refractivity contribution in [1.82, 2.24) is 24.7 Å². The van der Waals surface area contributed by atoms with Gasteiger partial charge in [-0.15, -0.1) is 0 Å². The van der Waals surface area contributed by atoms with Gasteiger partial charge in [0.05, 0.1) is 30.4 Å². The van der Waals surface area contributed by atoms with E-state index in [1.54, 1.807) is 12.5 Å². The molecule has 2 aromatic carbocycles. The number of benzene rings is 2. The smallest absolute Gasteiger partial charge is 0.237 e. The summed E-state index contributed by atoms with van der Waals surface area (Å²) >= 11 is 6.15. The lowest BCUT2D eigenvalue weighted by atomic mass is 9.94. The molecule has 2 aliphatic rings. The Bertz CT molecular complexity index is 1450. The van der Waals surface area contributed by atoms with Crippen molar-refractivity contribution in [2.45, 2.75) is 71.1 Å². The largest absolute Gasteiger partial charge is 0.351 e. The Hall–Kier alpha value is -3.67. The van der Waals surface area contributed by atoms with Crippen molar-refractivity contribution in [3.63, 3.8) is 0 Å². The van der Waals surface area contributed by atoms with Gasteiger partial charge in [-0.1, -0.05) is 62.6 Å². The van der Waals surface area contributed by atoms with Gasteiger partial charge in [0.1, 0.15) is 0 Å². The minimum absolute atomic E-state index is 0.0555. The number of imidazole rings is 1. The third-order valence-electron chi connectivity index (χ3n) is 9.29. The molecule has 0 aliphatic carbocycles. The number of nitrogens with zero attached hydrogens (tertiary/aromatic N) is 5. The molecule has 226 valence electrons. The number of nitrogens with one attached hydrogen (secondary N) is 1. The molecule has 9 heteroatoms. The number of carbonyl (C=O) groups excluding carboxylic acids is 2. The van der Waals surface area contributed by atoms with Crippen molar-refractivity contribution in [2.24, 2.45) is 11.8 Å². The average molecular weight is 601 g/mol. The summed E-state index contributed by atoms with van der Waals surface area (Å²) in [6, 6.07) is 17.1. The van der Waals surface area contributed by atoms with Crippen LogP contribution in [0.1, 0.15) is 61.9 Å². The Morgan fingerprint density at radius 1 is 1.05 bits per heavy atom. The molecule has 43 heavy (non-hydrogen) atoms. The minimum Gasteiger partial charge on any atom is -0.351 e. The van der Waals surface area contributed by atoms with Crippen LogP contribution < -0.4 is 5.32 Å². The predicted molar refractivity (Wildman–Crippen MR) is 167 cm³/mol. The Morgan fingerprint density at radius 2 is 1.81 bits per heavy atom. The van der Waals surface area contributed by atoms with Gasteiger partial charge in [0.25, 0.3) is 0 Å². The van der Waals surface area contributed by atoms with Crippen LogP contribution in [0.15, 0.2) is 61.1 Å². The Balaban J connectivity index is 1.26. The van der Waals surface area contributed by atoms with Gasteiger partial charge in [0, 0.05) is 49.1 Å². The van der Waals surface area contributed by atoms with Gasteiger partial charge in [0.15, 0.2) is 0 Å². The van der Waals surface area contributed by atoms with Crippen LogP contribution >= 0.6 is 11.6 Å². The van der Waals surface area contributed by atoms with Crippen LogP contribution in [0, 0.1) is 23.2 Å². The lowest BCUT2D eigenvalue weighted by molar-refractivity contribution is -0.132. The van der Waals surface area contributed by atoms with Crippen molar-refractivity contribution < 1.29 is 9.59 Å². The Labute approximate surface area is 259 Å². The molecule has 4 atom stereocenters. The molecule has 2 aliphatic heterocycles. The molecule has 2 fully saturated rings. The standard InChI is InChI=1S/C34H41ClN6O2/c1-3-27-13-15-41(32(42)17-30-20-37-23-40(30)21-25-10-8-24(18-36)9-11-25)31(27)22-39-14-12-28(4-2)33(39)34(43)38-19-26-6-5-7-29(35)16-26/h5-11,16,20,23,27-28,31,33H,3-4,12-15,17,19,21-22H2,1-2H3,(H,38,43)/t27-,28-,31+,33-/m0/s1. The molecular weight excluding hydrogens is 560 g/mol. The first-order chi connectivity index (χ1) is 20.9. The van der Waals surface area contributed by atoms with Crippen LogP contribution in [0.25, 0.3) is 0 Å². The highest BCUT2D eigenvalue weighted by Crippen LogP contribution is 2.33. The topological polar surface area (TPSA) is 94.3 Å². The molecule has 0 spiro atoms. The van der Waals surface area contributed by atoms with Gasteiger partial charge in [-0.3, -0.25) is 14.5 Å². The van der Waals surface area contributed by atoms with Crippen LogP contribution in [0.4, 0.5) is 0 Å². The van der Waals surface area contributed by atoms with Gasteiger partial charge < -0.3 is 14.8 Å². The van der Waals surface area contributed by atoms with E-state index < -0.39 is 0 Å². The number of halogens is 1. The molecule has 1 aromatic heterocycles. The molecule has 3 aromatic rings. The fraction of sp³-hybridized carbons (Fsp3) is 0.471. The number of nitriles is 1. The van der Waals surface area contributed by atoms with Crippen molar-refractivity contribution in [3.05, 3.63) is 88.5 Å². The number of carbonyl (C=O) groups is 2. The van der Waals surface area contributed by atoms with E-state index in [2.05, 4.69) is 40.0 Å². The van der Waals surface area contributed by atoms with Gasteiger partial charge in [-0.2, -0.15) is 5.26 Å². The maximum atomic E-state index is 13.8. The molecule has 0 unspecified atom stereocenters. The summed E-state index contributed by atoms with van der Waals surface area (Å²) in [7, 11) is 0. The van der Waals surface area contributed by atoms with Gasteiger partial charge in [-0.05, 0) is 66.6 Å². The summed E-state index contributed by atoms with van der Waals surface area (Å²) in [5, 5.41) is 12.9. The number of likely N-dealkylation sites (tertiary alicyclic amines) is 2. The minimum atomic E-state index is -0.201. The fourth-order valence-electron chi connectivity index (χ4n) is 6.85. The van der Waals surface area contributed by atoms with Crippen molar-refractivity contribution >= 4 is 23.4 Å². The van der Waals surface area contributed by atoms with Gasteiger partial charge in [0.2, 0.25) is 11.8 Å². The molecule has 3 heterocycles. The molecule has 0 bridgehead atoms. The molecule has 2 amide bonds. The number of rotatable bonds is 11. The highest BCUT2D eigenvalue weighted by Gasteiger charge is 2.43. The fourth-order valence-corrected chi connectivity index (χ4v) is 7.06. The summed E-state index contributed by atoms with van der Waals surface area (Å²) in [6.45, 7) is 7.71. The molecule has 5 rings (SSSR count). The van der Waals surface area contributed by atoms with Gasteiger partial charge in [-0.25, -0.2) is 4.98 Å². The summed E-state index contributed by atoms with van der Waals surface area (Å²) in [5.74, 6) is 0.862. The van der Waals surface area contributed by atoms with Crippen LogP contribution in [-0.4, -0.2) is 62.9 Å². The first-order valence-corrected chi connectivity index (χ1v) is 15.8. The van der Waals surface area contributed by atoms with E-state index in [1.807, 2.05) is 53.1 Å². The maximum absolute atomic E-state index is 13.8. The first-order valence-electron chi connectivity index (χ1n) is 15.4. The zero-order valence-electron chi connectivity index (χ0n) is 25.1. The summed E-state index contributed by atoms with van der Waals surface area (Å²) < 4.78 is 2.01. The summed E-state index contributed by atoms with van der Waals surface area (Å²) in [6.07, 6.45) is 7.73. The maximum Gasteiger partial charge on any atom is 0.237 e. The number of hydrogen-bond donors (Lipinski definition) is 1. The second-order valence-corrected chi connectivity index (χ2v) is 12.3. The van der Waals surface area contributed by atoms with Gasteiger partial charge >= 0.3 is 0 Å². The second-order valence-electron chi connectivity index (χ2n) is 11.9. The van der Waals surface area contributed by atoms with Crippen molar-refractivity contribution in [3.8, 4) is 6.07 Å². The van der Waals surface area contributed by atoms with Crippen molar-refractivity contribution in [1.29, 1.82) is 5.26 Å². The summed E-state index contributed by atoms with van der Waals surface area (Å²) in [4.78, 5) is 36.1. The second kappa shape index (κ2) is 14.2. The van der Waals surface area contributed by atoms with E-state index >= 15 is 0 Å². The number of hydrogen-bond acceptors (Lipinski definition) is 5. The lowest BCUT2D eigenvalue weighted by Crippen LogP contribution is -2.52. The SMILES string of the molecule is CC[C@H]1CCN(C[C@@H]2[C@@H](CC)CCN2C(=O)Cc2cncn2Cc2ccc(C#N)cc2)[C@@H]1C(=O)NCc1cccc(Cl)c1. The van der Waals surface area contributed by atoms with Crippen LogP contribution in [0.3, 0.4) is 0 Å². The van der Waals surface area contributed by atoms with E-state index in [9.17, 15) is 9.59 Å². The monoisotopic (exact) mass is 600 g/mol. The van der Waals surface area contributed by atoms with E-state index in [-0.39, 0.29) is 30.3 Å². The first kappa shape index (κ1) is 30.8. The van der Waals surface area contributed by atoms with E-state index in [1.165, 1.54) is 0 Å². The molecule has 1 N–H and O–H groups in total. The molecule has 8 nitrogen and oxygen atoms in total. The van der Waals surface area contributed by atoms with E-state index in [0.29, 0.717) is 42.1 Å². The predicted octanol–water partition coefficient (Wildman–Crippen LogP) is 5.04. The zero-order chi connectivity index (χ0) is 30.3. The zero-order valence-corrected chi connectivity index (χ0v) is 25.8. The molecular formula is C34H41ClN6O2. The third-order valence-corrected chi connectivity index (χ3v) is 9.53.